The van der Waals surface area contributed by atoms with E-state index in [4.69, 9.17) is 4.74 Å². The number of likely N-dealkylation sites (tertiary alicyclic amines) is 1. The first-order valence-corrected chi connectivity index (χ1v) is 12.2. The summed E-state index contributed by atoms with van der Waals surface area (Å²) in [7, 11) is 0. The summed E-state index contributed by atoms with van der Waals surface area (Å²) in [6.45, 7) is 7.70. The van der Waals surface area contributed by atoms with E-state index in [1.165, 1.54) is 17.4 Å². The standard InChI is InChI=1S/C24H32FN3O3S/c1-16(20(11-19-13-32-15-27-19)22(29)26-14-23(2,3)30)28-8-6-24(7-9-28)21-10-18(25)5-4-17(21)12-31-24/h4-5,10,13,15-16,20,30H,6-9,11-12,14H2,1-3H3,(H,26,29). The number of aromatic nitrogens is 1. The van der Waals surface area contributed by atoms with Crippen molar-refractivity contribution in [2.45, 2.75) is 63.9 Å². The van der Waals surface area contributed by atoms with Gasteiger partial charge in [-0.15, -0.1) is 11.3 Å². The number of thiazole rings is 1. The van der Waals surface area contributed by atoms with Gasteiger partial charge in [0.15, 0.2) is 0 Å². The van der Waals surface area contributed by atoms with Gasteiger partial charge >= 0.3 is 0 Å². The zero-order chi connectivity index (χ0) is 22.9. The number of hydrogen-bond donors (Lipinski definition) is 2. The molecular weight excluding hydrogens is 429 g/mol. The third kappa shape index (κ3) is 5.03. The minimum atomic E-state index is -0.968. The van der Waals surface area contributed by atoms with Crippen molar-refractivity contribution in [3.05, 3.63) is 51.7 Å². The number of amides is 1. The first-order chi connectivity index (χ1) is 15.2. The van der Waals surface area contributed by atoms with Gasteiger partial charge in [-0.05, 0) is 56.9 Å². The highest BCUT2D eigenvalue weighted by Crippen LogP contribution is 2.44. The lowest BCUT2D eigenvalue weighted by Gasteiger charge is -2.43. The van der Waals surface area contributed by atoms with Crippen LogP contribution in [0.2, 0.25) is 0 Å². The second-order valence-corrected chi connectivity index (χ2v) is 10.4. The molecule has 32 heavy (non-hydrogen) atoms. The molecule has 0 bridgehead atoms. The van der Waals surface area contributed by atoms with E-state index in [0.29, 0.717) is 13.0 Å². The summed E-state index contributed by atoms with van der Waals surface area (Å²) in [6.07, 6.45) is 2.08. The Bertz CT molecular complexity index is 936. The van der Waals surface area contributed by atoms with E-state index in [9.17, 15) is 14.3 Å². The van der Waals surface area contributed by atoms with Gasteiger partial charge in [-0.3, -0.25) is 9.69 Å². The van der Waals surface area contributed by atoms with E-state index in [-0.39, 0.29) is 30.2 Å². The van der Waals surface area contributed by atoms with Crippen LogP contribution in [0.5, 0.6) is 0 Å². The lowest BCUT2D eigenvalue weighted by Crippen LogP contribution is -2.52. The predicted octanol–water partition coefficient (Wildman–Crippen LogP) is 3.24. The van der Waals surface area contributed by atoms with Crippen LogP contribution in [0.3, 0.4) is 0 Å². The zero-order valence-corrected chi connectivity index (χ0v) is 19.8. The van der Waals surface area contributed by atoms with Crippen molar-refractivity contribution in [1.82, 2.24) is 15.2 Å². The van der Waals surface area contributed by atoms with E-state index in [1.807, 2.05) is 11.4 Å². The first kappa shape index (κ1) is 23.3. The molecule has 8 heteroatoms. The number of fused-ring (bicyclic) bond motifs is 2. The van der Waals surface area contributed by atoms with Crippen LogP contribution < -0.4 is 5.32 Å². The van der Waals surface area contributed by atoms with Gasteiger partial charge in [-0.1, -0.05) is 6.07 Å². The Morgan fingerprint density at radius 2 is 2.16 bits per heavy atom. The minimum Gasteiger partial charge on any atom is -0.389 e. The molecule has 1 aromatic carbocycles. The van der Waals surface area contributed by atoms with Gasteiger partial charge in [0.05, 0.1) is 34.9 Å². The Hall–Kier alpha value is -1.87. The molecule has 1 fully saturated rings. The number of rotatable bonds is 7. The summed E-state index contributed by atoms with van der Waals surface area (Å²) in [4.78, 5) is 19.8. The molecule has 2 atom stereocenters. The summed E-state index contributed by atoms with van der Waals surface area (Å²) in [6, 6.07) is 4.93. The van der Waals surface area contributed by atoms with Crippen molar-refractivity contribution in [2.75, 3.05) is 19.6 Å². The Balaban J connectivity index is 1.46. The molecule has 0 aliphatic carbocycles. The number of nitrogens with one attached hydrogen (secondary N) is 1. The van der Waals surface area contributed by atoms with E-state index < -0.39 is 11.2 Å². The van der Waals surface area contributed by atoms with Crippen LogP contribution in [0, 0.1) is 11.7 Å². The van der Waals surface area contributed by atoms with Gasteiger partial charge < -0.3 is 15.2 Å². The molecule has 2 N–H and O–H groups in total. The van der Waals surface area contributed by atoms with E-state index in [1.54, 1.807) is 25.4 Å². The molecule has 2 aromatic rings. The number of carbonyl (C=O) groups excluding carboxylic acids is 1. The SMILES string of the molecule is CC(C(Cc1cscn1)C(=O)NCC(C)(C)O)N1CCC2(CC1)OCc1ccc(F)cc12. The fourth-order valence-corrected chi connectivity index (χ4v) is 5.40. The molecule has 3 heterocycles. The van der Waals surface area contributed by atoms with Crippen molar-refractivity contribution in [2.24, 2.45) is 5.92 Å². The zero-order valence-electron chi connectivity index (χ0n) is 18.9. The van der Waals surface area contributed by atoms with Crippen LogP contribution in [-0.4, -0.2) is 52.2 Å². The van der Waals surface area contributed by atoms with Crippen LogP contribution in [0.4, 0.5) is 4.39 Å². The Labute approximate surface area is 192 Å². The maximum Gasteiger partial charge on any atom is 0.225 e. The van der Waals surface area contributed by atoms with Crippen LogP contribution >= 0.6 is 11.3 Å². The summed E-state index contributed by atoms with van der Waals surface area (Å²) in [5.41, 5.74) is 3.34. The van der Waals surface area contributed by atoms with E-state index >= 15 is 0 Å². The maximum atomic E-state index is 13.9. The predicted molar refractivity (Wildman–Crippen MR) is 122 cm³/mol. The second-order valence-electron chi connectivity index (χ2n) is 9.68. The number of benzene rings is 1. The van der Waals surface area contributed by atoms with Gasteiger partial charge in [0.1, 0.15) is 5.82 Å². The first-order valence-electron chi connectivity index (χ1n) is 11.2. The highest BCUT2D eigenvalue weighted by atomic mass is 32.1. The molecule has 174 valence electrons. The fraction of sp³-hybridized carbons (Fsp3) is 0.583. The van der Waals surface area contributed by atoms with Gasteiger partial charge in [-0.2, -0.15) is 0 Å². The van der Waals surface area contributed by atoms with E-state index in [0.717, 1.165) is 42.8 Å². The summed E-state index contributed by atoms with van der Waals surface area (Å²) in [5.74, 6) is -0.587. The monoisotopic (exact) mass is 461 g/mol. The molecule has 1 spiro atoms. The second kappa shape index (κ2) is 9.17. The van der Waals surface area contributed by atoms with Crippen molar-refractivity contribution >= 4 is 17.2 Å². The largest absolute Gasteiger partial charge is 0.389 e. The molecule has 0 saturated carbocycles. The van der Waals surface area contributed by atoms with Crippen LogP contribution in [0.25, 0.3) is 0 Å². The number of nitrogens with zero attached hydrogens (tertiary/aromatic N) is 2. The smallest absolute Gasteiger partial charge is 0.225 e. The molecular formula is C24H32FN3O3S. The van der Waals surface area contributed by atoms with Crippen molar-refractivity contribution < 1.29 is 19.0 Å². The molecule has 0 radical (unpaired) electrons. The normalized spacial score (nSPS) is 20.2. The van der Waals surface area contributed by atoms with Crippen molar-refractivity contribution in [3.8, 4) is 0 Å². The number of piperidine rings is 1. The number of ether oxygens (including phenoxy) is 1. The minimum absolute atomic E-state index is 0.00996. The maximum absolute atomic E-state index is 13.9. The van der Waals surface area contributed by atoms with Crippen molar-refractivity contribution in [1.29, 1.82) is 0 Å². The highest BCUT2D eigenvalue weighted by Gasteiger charge is 2.44. The lowest BCUT2D eigenvalue weighted by atomic mass is 9.82. The Morgan fingerprint density at radius 3 is 2.81 bits per heavy atom. The van der Waals surface area contributed by atoms with Crippen LogP contribution in [-0.2, 0) is 28.2 Å². The summed E-state index contributed by atoms with van der Waals surface area (Å²) < 4.78 is 20.1. The average Bonchev–Trinajstić information content (AvgIpc) is 3.39. The number of carbonyl (C=O) groups is 1. The third-order valence-electron chi connectivity index (χ3n) is 6.78. The third-order valence-corrected chi connectivity index (χ3v) is 7.41. The highest BCUT2D eigenvalue weighted by molar-refractivity contribution is 7.07. The van der Waals surface area contributed by atoms with Gasteiger partial charge in [0.25, 0.3) is 0 Å². The van der Waals surface area contributed by atoms with Crippen LogP contribution in [0.1, 0.15) is 50.4 Å². The molecule has 1 saturated heterocycles. The van der Waals surface area contributed by atoms with Crippen LogP contribution in [0.15, 0.2) is 29.1 Å². The molecule has 2 unspecified atom stereocenters. The molecule has 4 rings (SSSR count). The number of halogens is 1. The number of aliphatic hydroxyl groups is 1. The topological polar surface area (TPSA) is 74.7 Å². The summed E-state index contributed by atoms with van der Waals surface area (Å²) in [5, 5.41) is 14.9. The Kier molecular flexibility index (Phi) is 6.68. The average molecular weight is 462 g/mol. The number of hydrogen-bond acceptors (Lipinski definition) is 6. The molecule has 6 nitrogen and oxygen atoms in total. The van der Waals surface area contributed by atoms with Gasteiger partial charge in [0.2, 0.25) is 5.91 Å². The lowest BCUT2D eigenvalue weighted by molar-refractivity contribution is -0.129. The molecule has 1 aromatic heterocycles. The Morgan fingerprint density at radius 1 is 1.41 bits per heavy atom. The van der Waals surface area contributed by atoms with Gasteiger partial charge in [0, 0.05) is 37.5 Å². The molecule has 1 amide bonds. The summed E-state index contributed by atoms with van der Waals surface area (Å²) >= 11 is 1.52. The van der Waals surface area contributed by atoms with E-state index in [2.05, 4.69) is 22.1 Å². The quantitative estimate of drug-likeness (QED) is 0.662. The van der Waals surface area contributed by atoms with Gasteiger partial charge in [-0.25, -0.2) is 9.37 Å². The fourth-order valence-electron chi connectivity index (χ4n) is 4.83. The molecule has 2 aliphatic rings. The van der Waals surface area contributed by atoms with Crippen molar-refractivity contribution in [3.63, 3.8) is 0 Å². The molecule has 2 aliphatic heterocycles.